The Morgan fingerprint density at radius 1 is 1.54 bits per heavy atom. The maximum atomic E-state index is 11.0. The molecule has 72 valence electrons. The second kappa shape index (κ2) is 4.49. The van der Waals surface area contributed by atoms with Gasteiger partial charge >= 0.3 is 11.9 Å². The first-order valence-corrected chi connectivity index (χ1v) is 4.03. The summed E-state index contributed by atoms with van der Waals surface area (Å²) < 4.78 is 14.5. The molecule has 0 saturated heterocycles. The monoisotopic (exact) mass is 185 g/mol. The van der Waals surface area contributed by atoms with Gasteiger partial charge < -0.3 is 13.9 Å². The fourth-order valence-corrected chi connectivity index (χ4v) is 0.760. The second-order valence-electron chi connectivity index (χ2n) is 2.14. The van der Waals surface area contributed by atoms with Crippen molar-refractivity contribution in [1.29, 1.82) is 0 Å². The van der Waals surface area contributed by atoms with Gasteiger partial charge in [0.25, 0.3) is 5.88 Å². The highest BCUT2D eigenvalue weighted by Gasteiger charge is 2.14. The van der Waals surface area contributed by atoms with Crippen LogP contribution in [-0.4, -0.2) is 24.2 Å². The lowest BCUT2D eigenvalue weighted by atomic mass is 10.6. The molecule has 5 nitrogen and oxygen atoms in total. The highest BCUT2D eigenvalue weighted by Crippen LogP contribution is 2.10. The maximum Gasteiger partial charge on any atom is 0.394 e. The molecule has 0 spiro atoms. The van der Waals surface area contributed by atoms with Crippen molar-refractivity contribution >= 4 is 5.97 Å². The van der Waals surface area contributed by atoms with Crippen LogP contribution in [0.25, 0.3) is 0 Å². The Bertz CT molecular complexity index is 281. The molecule has 1 aromatic heterocycles. The minimum atomic E-state index is -0.576. The van der Waals surface area contributed by atoms with Gasteiger partial charge in [0.1, 0.15) is 0 Å². The molecule has 5 heteroatoms. The number of ether oxygens (including phenoxy) is 2. The van der Waals surface area contributed by atoms with Crippen molar-refractivity contribution in [2.45, 2.75) is 13.8 Å². The number of aromatic nitrogens is 1. The number of esters is 1. The largest absolute Gasteiger partial charge is 0.476 e. The van der Waals surface area contributed by atoms with E-state index in [4.69, 9.17) is 9.15 Å². The molecule has 0 aromatic carbocycles. The van der Waals surface area contributed by atoms with E-state index in [1.165, 1.54) is 6.26 Å². The van der Waals surface area contributed by atoms with E-state index >= 15 is 0 Å². The molecule has 0 amide bonds. The Morgan fingerprint density at radius 3 is 2.92 bits per heavy atom. The van der Waals surface area contributed by atoms with Crippen molar-refractivity contribution in [3.63, 3.8) is 0 Å². The smallest absolute Gasteiger partial charge is 0.394 e. The first kappa shape index (κ1) is 9.57. The molecule has 0 atom stereocenters. The molecule has 0 aliphatic rings. The van der Waals surface area contributed by atoms with Crippen LogP contribution >= 0.6 is 0 Å². The van der Waals surface area contributed by atoms with E-state index in [0.29, 0.717) is 19.1 Å². The van der Waals surface area contributed by atoms with Crippen molar-refractivity contribution < 1.29 is 18.7 Å². The number of oxazole rings is 1. The van der Waals surface area contributed by atoms with Gasteiger partial charge in [-0.1, -0.05) is 0 Å². The van der Waals surface area contributed by atoms with Crippen LogP contribution in [-0.2, 0) is 4.74 Å². The Balaban J connectivity index is 2.62. The normalized spacial score (nSPS) is 9.69. The molecule has 0 fully saturated rings. The summed E-state index contributed by atoms with van der Waals surface area (Å²) in [4.78, 5) is 14.8. The number of nitrogens with zero attached hydrogens (tertiary/aromatic N) is 1. The SMILES string of the molecule is CCOC(=O)c1nc(OCC)co1. The first-order chi connectivity index (χ1) is 6.27. The molecule has 1 heterocycles. The second-order valence-corrected chi connectivity index (χ2v) is 2.14. The van der Waals surface area contributed by atoms with Crippen molar-refractivity contribution in [3.05, 3.63) is 12.2 Å². The number of hydrogen-bond donors (Lipinski definition) is 0. The average molecular weight is 185 g/mol. The van der Waals surface area contributed by atoms with Crippen LogP contribution in [0.4, 0.5) is 0 Å². The van der Waals surface area contributed by atoms with Crippen molar-refractivity contribution in [3.8, 4) is 5.88 Å². The molecule has 13 heavy (non-hydrogen) atoms. The minimum absolute atomic E-state index is 0.0784. The highest BCUT2D eigenvalue weighted by molar-refractivity contribution is 5.84. The molecule has 0 aliphatic carbocycles. The lowest BCUT2D eigenvalue weighted by molar-refractivity contribution is 0.0480. The van der Waals surface area contributed by atoms with E-state index < -0.39 is 5.97 Å². The summed E-state index contributed by atoms with van der Waals surface area (Å²) >= 11 is 0. The molecule has 1 rings (SSSR count). The van der Waals surface area contributed by atoms with Gasteiger partial charge in [-0.2, -0.15) is 4.98 Å². The van der Waals surface area contributed by atoms with E-state index in [9.17, 15) is 4.79 Å². The summed E-state index contributed by atoms with van der Waals surface area (Å²) in [5, 5.41) is 0. The van der Waals surface area contributed by atoms with Gasteiger partial charge in [-0.25, -0.2) is 4.79 Å². The van der Waals surface area contributed by atoms with Crippen molar-refractivity contribution in [2.24, 2.45) is 0 Å². The number of carbonyl (C=O) groups excluding carboxylic acids is 1. The summed E-state index contributed by atoms with van der Waals surface area (Å²) in [5.74, 6) is -0.357. The topological polar surface area (TPSA) is 61.6 Å². The standard InChI is InChI=1S/C8H11NO4/c1-3-11-6-5-13-7(9-6)8(10)12-4-2/h5H,3-4H2,1-2H3. The molecule has 0 N–H and O–H groups in total. The van der Waals surface area contributed by atoms with Crippen LogP contribution in [0, 0.1) is 0 Å². The molecular weight excluding hydrogens is 174 g/mol. The van der Waals surface area contributed by atoms with Crippen LogP contribution in [0.5, 0.6) is 5.88 Å². The fraction of sp³-hybridized carbons (Fsp3) is 0.500. The first-order valence-electron chi connectivity index (χ1n) is 4.03. The molecule has 0 saturated carbocycles. The summed E-state index contributed by atoms with van der Waals surface area (Å²) in [5.41, 5.74) is 0. The summed E-state index contributed by atoms with van der Waals surface area (Å²) in [6.45, 7) is 4.31. The van der Waals surface area contributed by atoms with Crippen LogP contribution < -0.4 is 4.74 Å². The number of carbonyl (C=O) groups is 1. The zero-order chi connectivity index (χ0) is 9.68. The van der Waals surface area contributed by atoms with E-state index in [-0.39, 0.29) is 5.89 Å². The number of rotatable bonds is 4. The van der Waals surface area contributed by atoms with Gasteiger partial charge in [0.05, 0.1) is 13.2 Å². The molecule has 0 unspecified atom stereocenters. The summed E-state index contributed by atoms with van der Waals surface area (Å²) in [6.07, 6.45) is 1.27. The van der Waals surface area contributed by atoms with E-state index in [2.05, 4.69) is 9.72 Å². The van der Waals surface area contributed by atoms with Crippen LogP contribution in [0.1, 0.15) is 24.5 Å². The van der Waals surface area contributed by atoms with Gasteiger partial charge in [0.15, 0.2) is 6.26 Å². The number of hydrogen-bond acceptors (Lipinski definition) is 5. The third-order valence-electron chi connectivity index (χ3n) is 1.23. The third kappa shape index (κ3) is 2.47. The van der Waals surface area contributed by atoms with Crippen molar-refractivity contribution in [2.75, 3.05) is 13.2 Å². The van der Waals surface area contributed by atoms with Gasteiger partial charge in [-0.05, 0) is 13.8 Å². The maximum absolute atomic E-state index is 11.0. The molecule has 0 bridgehead atoms. The van der Waals surface area contributed by atoms with Crippen LogP contribution in [0.15, 0.2) is 10.7 Å². The predicted octanol–water partition coefficient (Wildman–Crippen LogP) is 1.25. The fourth-order valence-electron chi connectivity index (χ4n) is 0.760. The molecule has 1 aromatic rings. The quantitative estimate of drug-likeness (QED) is 0.660. The van der Waals surface area contributed by atoms with Crippen LogP contribution in [0.3, 0.4) is 0 Å². The van der Waals surface area contributed by atoms with Gasteiger partial charge in [-0.15, -0.1) is 0 Å². The zero-order valence-electron chi connectivity index (χ0n) is 7.57. The van der Waals surface area contributed by atoms with E-state index in [0.717, 1.165) is 0 Å². The Morgan fingerprint density at radius 2 is 2.31 bits per heavy atom. The van der Waals surface area contributed by atoms with Gasteiger partial charge in [-0.3, -0.25) is 0 Å². The Labute approximate surface area is 75.7 Å². The summed E-state index contributed by atoms with van der Waals surface area (Å²) in [6, 6.07) is 0. The Kier molecular flexibility index (Phi) is 3.31. The van der Waals surface area contributed by atoms with E-state index in [1.54, 1.807) is 6.92 Å². The molecular formula is C8H11NO4. The van der Waals surface area contributed by atoms with E-state index in [1.807, 2.05) is 6.92 Å². The third-order valence-corrected chi connectivity index (χ3v) is 1.23. The average Bonchev–Trinajstić information content (AvgIpc) is 2.54. The summed E-state index contributed by atoms with van der Waals surface area (Å²) in [7, 11) is 0. The molecule has 0 aliphatic heterocycles. The lowest BCUT2D eigenvalue weighted by Crippen LogP contribution is -2.04. The van der Waals surface area contributed by atoms with Gasteiger partial charge in [0, 0.05) is 0 Å². The highest BCUT2D eigenvalue weighted by atomic mass is 16.5. The molecule has 0 radical (unpaired) electrons. The Hall–Kier alpha value is -1.52. The van der Waals surface area contributed by atoms with Crippen molar-refractivity contribution in [1.82, 2.24) is 4.98 Å². The zero-order valence-corrected chi connectivity index (χ0v) is 7.57. The minimum Gasteiger partial charge on any atom is -0.476 e. The predicted molar refractivity (Wildman–Crippen MR) is 43.6 cm³/mol. The lowest BCUT2D eigenvalue weighted by Gasteiger charge is -1.95. The van der Waals surface area contributed by atoms with Gasteiger partial charge in [0.2, 0.25) is 0 Å². The van der Waals surface area contributed by atoms with Crippen LogP contribution in [0.2, 0.25) is 0 Å².